The minimum absolute atomic E-state index is 0.706. The van der Waals surface area contributed by atoms with Gasteiger partial charge in [0, 0.05) is 18.8 Å². The molecule has 2 aromatic carbocycles. The molecule has 3 aromatic rings. The molecule has 3 nitrogen and oxygen atoms in total. The third kappa shape index (κ3) is 3.11. The number of para-hydroxylation sites is 3. The lowest BCUT2D eigenvalue weighted by molar-refractivity contribution is 0.269. The summed E-state index contributed by atoms with van der Waals surface area (Å²) in [4.78, 5) is 2.25. The Morgan fingerprint density at radius 3 is 2.08 bits per heavy atom. The van der Waals surface area contributed by atoms with Crippen molar-refractivity contribution in [1.29, 1.82) is 0 Å². The van der Waals surface area contributed by atoms with Crippen LogP contribution in [0, 0.1) is 4.77 Å². The van der Waals surface area contributed by atoms with Gasteiger partial charge in [0.2, 0.25) is 0 Å². The van der Waals surface area contributed by atoms with Gasteiger partial charge < -0.3 is 4.57 Å². The van der Waals surface area contributed by atoms with Gasteiger partial charge in [0.05, 0.1) is 17.7 Å². The molecule has 0 bridgehead atoms. The Balaban J connectivity index is 2.15. The average molecular weight is 335 g/mol. The molecule has 0 aliphatic rings. The number of nitrogens with zero attached hydrogens (tertiary/aromatic N) is 3. The van der Waals surface area contributed by atoms with E-state index < -0.39 is 0 Å². The Hall–Kier alpha value is -2.43. The zero-order chi connectivity index (χ0) is 16.9. The van der Waals surface area contributed by atoms with E-state index in [0.29, 0.717) is 6.67 Å². The highest BCUT2D eigenvalue weighted by Gasteiger charge is 2.13. The molecule has 4 heteroatoms. The van der Waals surface area contributed by atoms with Crippen molar-refractivity contribution >= 4 is 23.3 Å². The molecule has 0 aliphatic heterocycles. The summed E-state index contributed by atoms with van der Waals surface area (Å²) in [5, 5.41) is 0. The number of rotatable bonds is 7. The van der Waals surface area contributed by atoms with Gasteiger partial charge in [-0.25, -0.2) is 0 Å². The molecule has 0 spiro atoms. The average Bonchev–Trinajstić information content (AvgIpc) is 2.88. The topological polar surface area (TPSA) is 13.1 Å². The van der Waals surface area contributed by atoms with Gasteiger partial charge in [-0.1, -0.05) is 42.5 Å². The number of hydrogen-bond donors (Lipinski definition) is 0. The van der Waals surface area contributed by atoms with Crippen LogP contribution in [0.5, 0.6) is 0 Å². The summed E-state index contributed by atoms with van der Waals surface area (Å²) in [5.74, 6) is 0. The molecule has 0 amide bonds. The smallest absolute Gasteiger partial charge is 0.186 e. The van der Waals surface area contributed by atoms with Crippen LogP contribution in [0.1, 0.15) is 0 Å². The van der Waals surface area contributed by atoms with Crippen LogP contribution >= 0.6 is 12.2 Å². The summed E-state index contributed by atoms with van der Waals surface area (Å²) in [5.41, 5.74) is 3.33. The van der Waals surface area contributed by atoms with Gasteiger partial charge in [-0.15, -0.1) is 13.2 Å². The maximum Gasteiger partial charge on any atom is 0.186 e. The third-order valence-electron chi connectivity index (χ3n) is 3.97. The Bertz CT molecular complexity index is 896. The molecular weight excluding hydrogens is 314 g/mol. The van der Waals surface area contributed by atoms with Gasteiger partial charge in [-0.3, -0.25) is 9.47 Å². The first kappa shape index (κ1) is 16.4. The summed E-state index contributed by atoms with van der Waals surface area (Å²) in [6.07, 6.45) is 3.81. The quantitative estimate of drug-likeness (QED) is 0.455. The molecule has 0 atom stereocenters. The van der Waals surface area contributed by atoms with Crippen molar-refractivity contribution in [3.8, 4) is 5.69 Å². The summed E-state index contributed by atoms with van der Waals surface area (Å²) in [6, 6.07) is 18.6. The van der Waals surface area contributed by atoms with Crippen LogP contribution in [0.25, 0.3) is 16.7 Å². The highest BCUT2D eigenvalue weighted by atomic mass is 32.1. The molecule has 0 fully saturated rings. The molecule has 0 aliphatic carbocycles. The highest BCUT2D eigenvalue weighted by molar-refractivity contribution is 7.71. The first-order chi connectivity index (χ1) is 11.8. The van der Waals surface area contributed by atoms with Crippen molar-refractivity contribution in [3.05, 3.63) is 84.7 Å². The SMILES string of the molecule is C=CCN(CC=C)Cn1c(=S)n(-c2ccccc2)c2ccccc21. The minimum Gasteiger partial charge on any atom is -0.303 e. The van der Waals surface area contributed by atoms with Crippen LogP contribution in [-0.2, 0) is 6.67 Å². The van der Waals surface area contributed by atoms with Crippen LogP contribution in [0.15, 0.2) is 79.9 Å². The van der Waals surface area contributed by atoms with Gasteiger partial charge in [-0.05, 0) is 36.5 Å². The lowest BCUT2D eigenvalue weighted by Crippen LogP contribution is -2.27. The highest BCUT2D eigenvalue weighted by Crippen LogP contribution is 2.22. The molecule has 0 N–H and O–H groups in total. The maximum absolute atomic E-state index is 5.81. The lowest BCUT2D eigenvalue weighted by Gasteiger charge is -2.19. The maximum atomic E-state index is 5.81. The van der Waals surface area contributed by atoms with E-state index in [0.717, 1.165) is 34.6 Å². The van der Waals surface area contributed by atoms with E-state index in [4.69, 9.17) is 12.2 Å². The van der Waals surface area contributed by atoms with Gasteiger partial charge in [0.25, 0.3) is 0 Å². The molecule has 1 heterocycles. The van der Waals surface area contributed by atoms with E-state index >= 15 is 0 Å². The first-order valence-electron chi connectivity index (χ1n) is 7.96. The van der Waals surface area contributed by atoms with Crippen LogP contribution in [0.2, 0.25) is 0 Å². The normalized spacial score (nSPS) is 11.0. The summed E-state index contributed by atoms with van der Waals surface area (Å²) in [7, 11) is 0. The van der Waals surface area contributed by atoms with Gasteiger partial charge in [0.1, 0.15) is 0 Å². The summed E-state index contributed by atoms with van der Waals surface area (Å²) in [6.45, 7) is 9.98. The number of benzene rings is 2. The van der Waals surface area contributed by atoms with Crippen LogP contribution in [-0.4, -0.2) is 27.1 Å². The number of aromatic nitrogens is 2. The monoisotopic (exact) mass is 335 g/mol. The Morgan fingerprint density at radius 1 is 0.875 bits per heavy atom. The Morgan fingerprint density at radius 2 is 1.46 bits per heavy atom. The lowest BCUT2D eigenvalue weighted by atomic mass is 10.3. The second-order valence-electron chi connectivity index (χ2n) is 5.63. The van der Waals surface area contributed by atoms with Crippen molar-refractivity contribution in [2.24, 2.45) is 0 Å². The zero-order valence-corrected chi connectivity index (χ0v) is 14.5. The number of fused-ring (bicyclic) bond motifs is 1. The van der Waals surface area contributed by atoms with Crippen molar-refractivity contribution in [2.45, 2.75) is 6.67 Å². The molecule has 24 heavy (non-hydrogen) atoms. The van der Waals surface area contributed by atoms with Gasteiger partial charge in [-0.2, -0.15) is 0 Å². The molecule has 0 radical (unpaired) electrons. The van der Waals surface area contributed by atoms with E-state index in [-0.39, 0.29) is 0 Å². The van der Waals surface area contributed by atoms with E-state index in [1.165, 1.54) is 0 Å². The van der Waals surface area contributed by atoms with E-state index in [1.54, 1.807) is 0 Å². The van der Waals surface area contributed by atoms with Gasteiger partial charge in [0.15, 0.2) is 4.77 Å². The predicted octanol–water partition coefficient (Wildman–Crippen LogP) is 4.79. The number of imidazole rings is 1. The second kappa shape index (κ2) is 7.43. The Kier molecular flexibility index (Phi) is 5.08. The summed E-state index contributed by atoms with van der Waals surface area (Å²) >= 11 is 5.81. The fourth-order valence-electron chi connectivity index (χ4n) is 2.93. The Labute approximate surface area is 147 Å². The van der Waals surface area contributed by atoms with E-state index in [9.17, 15) is 0 Å². The van der Waals surface area contributed by atoms with Crippen molar-refractivity contribution in [3.63, 3.8) is 0 Å². The second-order valence-corrected chi connectivity index (χ2v) is 5.99. The van der Waals surface area contributed by atoms with Gasteiger partial charge >= 0.3 is 0 Å². The van der Waals surface area contributed by atoms with Crippen LogP contribution in [0.3, 0.4) is 0 Å². The van der Waals surface area contributed by atoms with E-state index in [1.807, 2.05) is 42.5 Å². The molecule has 0 saturated carbocycles. The zero-order valence-electron chi connectivity index (χ0n) is 13.6. The minimum atomic E-state index is 0.706. The fraction of sp³-hybridized carbons (Fsp3) is 0.150. The molecular formula is C20H21N3S. The van der Waals surface area contributed by atoms with Crippen LogP contribution < -0.4 is 0 Å². The van der Waals surface area contributed by atoms with Crippen molar-refractivity contribution < 1.29 is 0 Å². The number of hydrogen-bond acceptors (Lipinski definition) is 2. The van der Waals surface area contributed by atoms with Crippen molar-refractivity contribution in [2.75, 3.05) is 13.1 Å². The summed E-state index contributed by atoms with van der Waals surface area (Å²) < 4.78 is 5.09. The molecule has 0 unspecified atom stereocenters. The molecule has 3 rings (SSSR count). The molecule has 122 valence electrons. The third-order valence-corrected chi connectivity index (χ3v) is 4.37. The van der Waals surface area contributed by atoms with E-state index in [2.05, 4.69) is 51.5 Å². The fourth-order valence-corrected chi connectivity index (χ4v) is 3.29. The first-order valence-corrected chi connectivity index (χ1v) is 8.37. The van der Waals surface area contributed by atoms with Crippen LogP contribution in [0.4, 0.5) is 0 Å². The van der Waals surface area contributed by atoms with Crippen molar-refractivity contribution in [1.82, 2.24) is 14.0 Å². The largest absolute Gasteiger partial charge is 0.303 e. The molecule has 0 saturated heterocycles. The molecule has 1 aromatic heterocycles. The standard InChI is InChI=1S/C20H21N3S/c1-3-14-21(15-4-2)16-22-18-12-8-9-13-19(18)23(20(22)24)17-10-6-5-7-11-17/h3-13H,1-2,14-16H2. The predicted molar refractivity (Wildman–Crippen MR) is 104 cm³/mol.